The number of aromatic nitrogens is 6. The SMILES string of the molecule is CCc1nc2nc(-c3ccnn3C)cc(Cl)n2n1. The Labute approximate surface area is 108 Å². The molecule has 0 aliphatic heterocycles. The maximum atomic E-state index is 6.19. The van der Waals surface area contributed by atoms with Gasteiger partial charge in [0, 0.05) is 25.7 Å². The van der Waals surface area contributed by atoms with E-state index in [4.69, 9.17) is 11.6 Å². The second kappa shape index (κ2) is 4.06. The van der Waals surface area contributed by atoms with Crippen molar-refractivity contribution in [2.75, 3.05) is 0 Å². The van der Waals surface area contributed by atoms with Crippen LogP contribution in [0.15, 0.2) is 18.3 Å². The number of hydrogen-bond donors (Lipinski definition) is 0. The van der Waals surface area contributed by atoms with Crippen LogP contribution in [0.25, 0.3) is 17.2 Å². The monoisotopic (exact) mass is 262 g/mol. The molecule has 0 bridgehead atoms. The first kappa shape index (κ1) is 11.2. The van der Waals surface area contributed by atoms with Gasteiger partial charge < -0.3 is 0 Å². The fourth-order valence-electron chi connectivity index (χ4n) is 1.78. The van der Waals surface area contributed by atoms with E-state index in [9.17, 15) is 0 Å². The molecule has 0 atom stereocenters. The standard InChI is InChI=1S/C11H11ClN6/c1-3-10-15-11-14-7(6-9(12)18(11)16-10)8-4-5-13-17(8)2/h4-6H,3H2,1-2H3. The average molecular weight is 263 g/mol. The van der Waals surface area contributed by atoms with Crippen LogP contribution in [0.2, 0.25) is 5.15 Å². The molecule has 92 valence electrons. The van der Waals surface area contributed by atoms with Crippen LogP contribution in [0.1, 0.15) is 12.7 Å². The van der Waals surface area contributed by atoms with Crippen LogP contribution in [0.4, 0.5) is 0 Å². The van der Waals surface area contributed by atoms with Gasteiger partial charge in [-0.15, -0.1) is 5.10 Å². The van der Waals surface area contributed by atoms with E-state index in [1.54, 1.807) is 21.5 Å². The Morgan fingerprint density at radius 2 is 2.17 bits per heavy atom. The van der Waals surface area contributed by atoms with Gasteiger partial charge in [0.1, 0.15) is 5.15 Å². The molecule has 0 fully saturated rings. The lowest BCUT2D eigenvalue weighted by molar-refractivity contribution is 0.772. The van der Waals surface area contributed by atoms with Gasteiger partial charge in [-0.1, -0.05) is 18.5 Å². The molecule has 3 rings (SSSR count). The number of fused-ring (bicyclic) bond motifs is 1. The van der Waals surface area contributed by atoms with Crippen molar-refractivity contribution in [3.63, 3.8) is 0 Å². The summed E-state index contributed by atoms with van der Waals surface area (Å²) in [6.45, 7) is 1.99. The van der Waals surface area contributed by atoms with E-state index in [0.29, 0.717) is 10.9 Å². The molecule has 18 heavy (non-hydrogen) atoms. The van der Waals surface area contributed by atoms with E-state index in [1.807, 2.05) is 20.0 Å². The minimum absolute atomic E-state index is 0.489. The van der Waals surface area contributed by atoms with Crippen molar-refractivity contribution >= 4 is 17.4 Å². The Morgan fingerprint density at radius 1 is 1.33 bits per heavy atom. The third-order valence-corrected chi connectivity index (χ3v) is 2.98. The molecule has 0 radical (unpaired) electrons. The van der Waals surface area contributed by atoms with Gasteiger partial charge in [0.25, 0.3) is 5.78 Å². The highest BCUT2D eigenvalue weighted by molar-refractivity contribution is 6.29. The molecular weight excluding hydrogens is 252 g/mol. The van der Waals surface area contributed by atoms with E-state index in [-0.39, 0.29) is 0 Å². The molecule has 0 aliphatic rings. The molecule has 0 saturated carbocycles. The van der Waals surface area contributed by atoms with E-state index < -0.39 is 0 Å². The van der Waals surface area contributed by atoms with Gasteiger partial charge >= 0.3 is 0 Å². The van der Waals surface area contributed by atoms with Crippen molar-refractivity contribution in [3.05, 3.63) is 29.3 Å². The van der Waals surface area contributed by atoms with Crippen molar-refractivity contribution in [2.24, 2.45) is 7.05 Å². The minimum Gasteiger partial charge on any atom is -0.266 e. The molecule has 3 aromatic heterocycles. The molecule has 0 spiro atoms. The summed E-state index contributed by atoms with van der Waals surface area (Å²) in [6.07, 6.45) is 2.47. The highest BCUT2D eigenvalue weighted by atomic mass is 35.5. The third-order valence-electron chi connectivity index (χ3n) is 2.71. The van der Waals surface area contributed by atoms with Gasteiger partial charge in [0.2, 0.25) is 0 Å². The molecular formula is C11H11ClN6. The van der Waals surface area contributed by atoms with Crippen molar-refractivity contribution < 1.29 is 0 Å². The predicted octanol–water partition coefficient (Wildman–Crippen LogP) is 1.74. The Morgan fingerprint density at radius 3 is 2.83 bits per heavy atom. The molecule has 0 amide bonds. The Balaban J connectivity index is 2.23. The van der Waals surface area contributed by atoms with Gasteiger partial charge in [-0.05, 0) is 6.07 Å². The molecule has 7 heteroatoms. The largest absolute Gasteiger partial charge is 0.266 e. The van der Waals surface area contributed by atoms with Gasteiger partial charge in [-0.25, -0.2) is 4.98 Å². The third kappa shape index (κ3) is 1.65. The molecule has 0 aromatic carbocycles. The van der Waals surface area contributed by atoms with Crippen LogP contribution in [0, 0.1) is 0 Å². The zero-order valence-corrected chi connectivity index (χ0v) is 10.8. The molecule has 0 unspecified atom stereocenters. The van der Waals surface area contributed by atoms with E-state index in [1.165, 1.54) is 0 Å². The van der Waals surface area contributed by atoms with Crippen LogP contribution in [0.5, 0.6) is 0 Å². The summed E-state index contributed by atoms with van der Waals surface area (Å²) in [4.78, 5) is 8.77. The molecule has 3 heterocycles. The normalized spacial score (nSPS) is 11.3. The maximum Gasteiger partial charge on any atom is 0.254 e. The van der Waals surface area contributed by atoms with Crippen molar-refractivity contribution in [1.29, 1.82) is 0 Å². The fraction of sp³-hybridized carbons (Fsp3) is 0.273. The Kier molecular flexibility index (Phi) is 2.52. The van der Waals surface area contributed by atoms with Crippen LogP contribution in [0.3, 0.4) is 0 Å². The number of nitrogens with zero attached hydrogens (tertiary/aromatic N) is 6. The summed E-state index contributed by atoms with van der Waals surface area (Å²) in [6, 6.07) is 3.64. The summed E-state index contributed by atoms with van der Waals surface area (Å²) in [5, 5.41) is 8.87. The van der Waals surface area contributed by atoms with Gasteiger partial charge in [-0.3, -0.25) is 4.68 Å². The number of aryl methyl sites for hydroxylation is 2. The lowest BCUT2D eigenvalue weighted by Gasteiger charge is -2.02. The number of hydrogen-bond acceptors (Lipinski definition) is 4. The van der Waals surface area contributed by atoms with Crippen molar-refractivity contribution in [3.8, 4) is 11.4 Å². The lowest BCUT2D eigenvalue weighted by atomic mass is 10.3. The van der Waals surface area contributed by atoms with Gasteiger partial charge in [0.15, 0.2) is 5.82 Å². The molecule has 3 aromatic rings. The summed E-state index contributed by atoms with van der Waals surface area (Å²) < 4.78 is 3.28. The van der Waals surface area contributed by atoms with Gasteiger partial charge in [-0.2, -0.15) is 14.6 Å². The van der Waals surface area contributed by atoms with Crippen LogP contribution in [-0.4, -0.2) is 29.4 Å². The second-order valence-electron chi connectivity index (χ2n) is 3.90. The quantitative estimate of drug-likeness (QED) is 0.660. The predicted molar refractivity (Wildman–Crippen MR) is 67.4 cm³/mol. The zero-order valence-electron chi connectivity index (χ0n) is 10.0. The zero-order chi connectivity index (χ0) is 12.7. The van der Waals surface area contributed by atoms with Gasteiger partial charge in [0.05, 0.1) is 11.4 Å². The Hall–Kier alpha value is -1.95. The molecule has 0 aliphatic carbocycles. The molecule has 6 nitrogen and oxygen atoms in total. The highest BCUT2D eigenvalue weighted by Crippen LogP contribution is 2.20. The lowest BCUT2D eigenvalue weighted by Crippen LogP contribution is -1.99. The second-order valence-corrected chi connectivity index (χ2v) is 4.28. The minimum atomic E-state index is 0.489. The van der Waals surface area contributed by atoms with Crippen LogP contribution in [-0.2, 0) is 13.5 Å². The van der Waals surface area contributed by atoms with E-state index in [0.717, 1.165) is 23.6 Å². The van der Waals surface area contributed by atoms with E-state index in [2.05, 4.69) is 20.2 Å². The maximum absolute atomic E-state index is 6.19. The summed E-state index contributed by atoms with van der Waals surface area (Å²) in [7, 11) is 1.86. The molecule has 0 saturated heterocycles. The Bertz CT molecular complexity index is 713. The van der Waals surface area contributed by atoms with Crippen LogP contribution < -0.4 is 0 Å². The van der Waals surface area contributed by atoms with Crippen LogP contribution >= 0.6 is 11.6 Å². The van der Waals surface area contributed by atoms with Crippen molar-refractivity contribution in [2.45, 2.75) is 13.3 Å². The summed E-state index contributed by atoms with van der Waals surface area (Å²) in [5.74, 6) is 1.24. The smallest absolute Gasteiger partial charge is 0.254 e. The average Bonchev–Trinajstić information content (AvgIpc) is 2.94. The molecule has 0 N–H and O–H groups in total. The topological polar surface area (TPSA) is 60.9 Å². The first-order chi connectivity index (χ1) is 8.69. The first-order valence-electron chi connectivity index (χ1n) is 5.59. The first-order valence-corrected chi connectivity index (χ1v) is 5.97. The summed E-state index contributed by atoms with van der Waals surface area (Å²) >= 11 is 6.19. The van der Waals surface area contributed by atoms with E-state index >= 15 is 0 Å². The van der Waals surface area contributed by atoms with Crippen molar-refractivity contribution in [1.82, 2.24) is 29.4 Å². The number of halogens is 1. The fourth-order valence-corrected chi connectivity index (χ4v) is 2.00. The number of rotatable bonds is 2. The summed E-state index contributed by atoms with van der Waals surface area (Å²) in [5.41, 5.74) is 1.63. The highest BCUT2D eigenvalue weighted by Gasteiger charge is 2.11.